The van der Waals surface area contributed by atoms with Gasteiger partial charge in [0.25, 0.3) is 5.91 Å². The molecule has 0 bridgehead atoms. The third kappa shape index (κ3) is 5.73. The quantitative estimate of drug-likeness (QED) is 0.431. The summed E-state index contributed by atoms with van der Waals surface area (Å²) in [5, 5.41) is 4.74. The van der Waals surface area contributed by atoms with Crippen molar-refractivity contribution in [2.24, 2.45) is 0 Å². The van der Waals surface area contributed by atoms with E-state index in [9.17, 15) is 4.79 Å². The lowest BCUT2D eigenvalue weighted by molar-refractivity contribution is 0.0989. The molecular weight excluding hydrogens is 426 g/mol. The van der Waals surface area contributed by atoms with Crippen LogP contribution in [-0.2, 0) is 0 Å². The Kier molecular flexibility index (Phi) is 7.72. The van der Waals surface area contributed by atoms with Crippen LogP contribution in [0.1, 0.15) is 41.8 Å². The standard InChI is InChI=1S/C24H29N3O2S2/c1-29-20-11-9-19(10-12-20)21-18-31-24(25-21)27(23(28)22-8-6-17-30-22)16-7-15-26-13-4-2-3-5-14-26/h6,8-12,17-18H,2-5,7,13-16H2,1H3. The summed E-state index contributed by atoms with van der Waals surface area (Å²) in [5.41, 5.74) is 1.91. The van der Waals surface area contributed by atoms with Gasteiger partial charge in [0.05, 0.1) is 17.7 Å². The molecule has 3 aromatic rings. The smallest absolute Gasteiger partial charge is 0.270 e. The number of amides is 1. The number of methoxy groups -OCH3 is 1. The summed E-state index contributed by atoms with van der Waals surface area (Å²) in [6.45, 7) is 4.07. The third-order valence-corrected chi connectivity index (χ3v) is 7.36. The Morgan fingerprint density at radius 1 is 1.10 bits per heavy atom. The zero-order chi connectivity index (χ0) is 21.5. The highest BCUT2D eigenvalue weighted by Crippen LogP contribution is 2.30. The Morgan fingerprint density at radius 3 is 2.55 bits per heavy atom. The molecule has 1 amide bonds. The van der Waals surface area contributed by atoms with Gasteiger partial charge in [0.1, 0.15) is 5.75 Å². The minimum atomic E-state index is 0.0431. The van der Waals surface area contributed by atoms with Crippen molar-refractivity contribution in [3.05, 3.63) is 52.0 Å². The van der Waals surface area contributed by atoms with Crippen molar-refractivity contribution < 1.29 is 9.53 Å². The molecule has 3 heterocycles. The Morgan fingerprint density at radius 2 is 1.87 bits per heavy atom. The van der Waals surface area contributed by atoms with E-state index in [0.717, 1.165) is 40.0 Å². The number of carbonyl (C=O) groups excluding carboxylic acids is 1. The monoisotopic (exact) mass is 455 g/mol. The van der Waals surface area contributed by atoms with Gasteiger partial charge in [-0.3, -0.25) is 9.69 Å². The summed E-state index contributed by atoms with van der Waals surface area (Å²) in [6.07, 6.45) is 6.21. The van der Waals surface area contributed by atoms with Gasteiger partial charge >= 0.3 is 0 Å². The number of hydrogen-bond acceptors (Lipinski definition) is 6. The number of likely N-dealkylation sites (tertiary alicyclic amines) is 1. The highest BCUT2D eigenvalue weighted by Gasteiger charge is 2.22. The Bertz CT molecular complexity index is 946. The maximum absolute atomic E-state index is 13.2. The number of rotatable bonds is 8. The van der Waals surface area contributed by atoms with Crippen molar-refractivity contribution in [3.63, 3.8) is 0 Å². The third-order valence-electron chi connectivity index (χ3n) is 5.64. The van der Waals surface area contributed by atoms with Crippen molar-refractivity contribution in [2.75, 3.05) is 38.2 Å². The van der Waals surface area contributed by atoms with E-state index in [1.165, 1.54) is 61.4 Å². The van der Waals surface area contributed by atoms with Crippen LogP contribution < -0.4 is 9.64 Å². The second-order valence-electron chi connectivity index (χ2n) is 7.79. The van der Waals surface area contributed by atoms with Gasteiger partial charge in [-0.25, -0.2) is 4.98 Å². The molecule has 0 radical (unpaired) electrons. The molecule has 2 aromatic heterocycles. The molecule has 0 atom stereocenters. The van der Waals surface area contributed by atoms with E-state index in [-0.39, 0.29) is 5.91 Å². The molecule has 0 spiro atoms. The van der Waals surface area contributed by atoms with Crippen molar-refractivity contribution >= 4 is 33.7 Å². The van der Waals surface area contributed by atoms with Crippen LogP contribution in [0.3, 0.4) is 0 Å². The fourth-order valence-electron chi connectivity index (χ4n) is 3.91. The minimum Gasteiger partial charge on any atom is -0.497 e. The molecule has 0 saturated carbocycles. The van der Waals surface area contributed by atoms with Gasteiger partial charge in [0.15, 0.2) is 5.13 Å². The first kappa shape index (κ1) is 22.0. The van der Waals surface area contributed by atoms with Gasteiger partial charge in [0.2, 0.25) is 0 Å². The second-order valence-corrected chi connectivity index (χ2v) is 9.57. The van der Waals surface area contributed by atoms with E-state index < -0.39 is 0 Å². The highest BCUT2D eigenvalue weighted by molar-refractivity contribution is 7.14. The molecule has 7 heteroatoms. The van der Waals surface area contributed by atoms with Crippen molar-refractivity contribution in [1.82, 2.24) is 9.88 Å². The largest absolute Gasteiger partial charge is 0.497 e. The average Bonchev–Trinajstić information content (AvgIpc) is 3.45. The van der Waals surface area contributed by atoms with Gasteiger partial charge in [-0.05, 0) is 74.6 Å². The average molecular weight is 456 g/mol. The molecule has 31 heavy (non-hydrogen) atoms. The summed E-state index contributed by atoms with van der Waals surface area (Å²) < 4.78 is 5.25. The number of carbonyl (C=O) groups is 1. The first-order valence-corrected chi connectivity index (χ1v) is 12.7. The number of aromatic nitrogens is 1. The van der Waals surface area contributed by atoms with Crippen LogP contribution in [0.4, 0.5) is 5.13 Å². The molecule has 1 aliphatic heterocycles. The first-order chi connectivity index (χ1) is 15.2. The lowest BCUT2D eigenvalue weighted by Crippen LogP contribution is -2.34. The van der Waals surface area contributed by atoms with Crippen LogP contribution in [0.5, 0.6) is 5.75 Å². The normalized spacial score (nSPS) is 14.9. The van der Waals surface area contributed by atoms with Gasteiger partial charge < -0.3 is 9.64 Å². The number of thiophene rings is 1. The molecule has 5 nitrogen and oxygen atoms in total. The van der Waals surface area contributed by atoms with Gasteiger partial charge in [-0.1, -0.05) is 18.9 Å². The summed E-state index contributed by atoms with van der Waals surface area (Å²) in [6, 6.07) is 11.7. The fraction of sp³-hybridized carbons (Fsp3) is 0.417. The first-order valence-electron chi connectivity index (χ1n) is 10.9. The molecule has 0 unspecified atom stereocenters. The van der Waals surface area contributed by atoms with Crippen LogP contribution in [0.15, 0.2) is 47.2 Å². The molecule has 1 aromatic carbocycles. The minimum absolute atomic E-state index is 0.0431. The van der Waals surface area contributed by atoms with Gasteiger partial charge in [0, 0.05) is 17.5 Å². The highest BCUT2D eigenvalue weighted by atomic mass is 32.1. The predicted molar refractivity (Wildman–Crippen MR) is 130 cm³/mol. The Hall–Kier alpha value is -2.22. The number of benzene rings is 1. The molecule has 0 N–H and O–H groups in total. The van der Waals surface area contributed by atoms with Crippen LogP contribution in [0, 0.1) is 0 Å². The Labute approximate surface area is 192 Å². The SMILES string of the molecule is COc1ccc(-c2csc(N(CCCN3CCCCCC3)C(=O)c3cccs3)n2)cc1. The van der Waals surface area contributed by atoms with Crippen LogP contribution in [0.25, 0.3) is 11.3 Å². The van der Waals surface area contributed by atoms with Gasteiger partial charge in [-0.15, -0.1) is 22.7 Å². The van der Waals surface area contributed by atoms with Crippen molar-refractivity contribution in [3.8, 4) is 17.0 Å². The van der Waals surface area contributed by atoms with E-state index in [0.29, 0.717) is 6.54 Å². The number of ether oxygens (including phenoxy) is 1. The van der Waals surface area contributed by atoms with Crippen molar-refractivity contribution in [1.29, 1.82) is 0 Å². The molecular formula is C24H29N3O2S2. The number of thiazole rings is 1. The summed E-state index contributed by atoms with van der Waals surface area (Å²) in [5.74, 6) is 0.865. The van der Waals surface area contributed by atoms with Gasteiger partial charge in [-0.2, -0.15) is 0 Å². The topological polar surface area (TPSA) is 45.7 Å². The number of anilines is 1. The Balaban J connectivity index is 1.48. The summed E-state index contributed by atoms with van der Waals surface area (Å²) in [7, 11) is 1.66. The van der Waals surface area contributed by atoms with Crippen LogP contribution in [0.2, 0.25) is 0 Å². The maximum atomic E-state index is 13.2. The van der Waals surface area contributed by atoms with E-state index in [1.807, 2.05) is 52.1 Å². The second kappa shape index (κ2) is 10.9. The molecule has 164 valence electrons. The molecule has 1 saturated heterocycles. The van der Waals surface area contributed by atoms with Crippen molar-refractivity contribution in [2.45, 2.75) is 32.1 Å². The van der Waals surface area contributed by atoms with E-state index in [2.05, 4.69) is 4.90 Å². The summed E-state index contributed by atoms with van der Waals surface area (Å²) >= 11 is 3.02. The predicted octanol–water partition coefficient (Wildman–Crippen LogP) is 5.79. The van der Waals surface area contributed by atoms with E-state index >= 15 is 0 Å². The molecule has 1 aliphatic rings. The lowest BCUT2D eigenvalue weighted by atomic mass is 10.2. The molecule has 4 rings (SSSR count). The zero-order valence-electron chi connectivity index (χ0n) is 18.0. The van der Waals surface area contributed by atoms with Crippen LogP contribution >= 0.6 is 22.7 Å². The van der Waals surface area contributed by atoms with E-state index in [1.54, 1.807) is 7.11 Å². The maximum Gasteiger partial charge on any atom is 0.270 e. The van der Waals surface area contributed by atoms with Crippen LogP contribution in [-0.4, -0.2) is 49.1 Å². The number of nitrogens with zero attached hydrogens (tertiary/aromatic N) is 3. The lowest BCUT2D eigenvalue weighted by Gasteiger charge is -2.23. The zero-order valence-corrected chi connectivity index (χ0v) is 19.6. The molecule has 1 fully saturated rings. The molecule has 0 aliphatic carbocycles. The number of hydrogen-bond donors (Lipinski definition) is 0. The summed E-state index contributed by atoms with van der Waals surface area (Å²) in [4.78, 5) is 23.2. The van der Waals surface area contributed by atoms with E-state index in [4.69, 9.17) is 9.72 Å². The fourth-order valence-corrected chi connectivity index (χ4v) is 5.44.